The average molecular weight is 257 g/mol. The van der Waals surface area contributed by atoms with Crippen LogP contribution in [0.5, 0.6) is 0 Å². The first kappa shape index (κ1) is 15.4. The van der Waals surface area contributed by atoms with Gasteiger partial charge in [-0.05, 0) is 38.5 Å². The van der Waals surface area contributed by atoms with Crippen molar-refractivity contribution in [3.63, 3.8) is 0 Å². The molecule has 1 aliphatic rings. The highest BCUT2D eigenvalue weighted by Crippen LogP contribution is 2.19. The second kappa shape index (κ2) is 7.74. The molecule has 4 nitrogen and oxygen atoms in total. The van der Waals surface area contributed by atoms with Crippen molar-refractivity contribution >= 4 is 5.97 Å². The van der Waals surface area contributed by atoms with Crippen molar-refractivity contribution in [1.29, 1.82) is 0 Å². The molecule has 1 unspecified atom stereocenters. The Labute approximate surface area is 110 Å². The lowest BCUT2D eigenvalue weighted by Crippen LogP contribution is -2.42. The van der Waals surface area contributed by atoms with E-state index in [0.717, 1.165) is 31.8 Å². The number of carboxylic acids is 1. The number of carbonyl (C=O) groups is 1. The number of ether oxygens (including phenoxy) is 1. The van der Waals surface area contributed by atoms with E-state index in [4.69, 9.17) is 9.84 Å². The lowest BCUT2D eigenvalue weighted by molar-refractivity contribution is -0.145. The summed E-state index contributed by atoms with van der Waals surface area (Å²) < 4.78 is 5.34. The second-order valence-electron chi connectivity index (χ2n) is 5.76. The quantitative estimate of drug-likeness (QED) is 0.760. The normalized spacial score (nSPS) is 20.2. The SMILES string of the molecule is CC(C)CCC(C)N1CCC(OCC(=O)O)CC1. The minimum absolute atomic E-state index is 0.134. The van der Waals surface area contributed by atoms with E-state index in [1.165, 1.54) is 12.8 Å². The minimum Gasteiger partial charge on any atom is -0.480 e. The van der Waals surface area contributed by atoms with Gasteiger partial charge >= 0.3 is 5.97 Å². The average Bonchev–Trinajstić information content (AvgIpc) is 2.34. The van der Waals surface area contributed by atoms with Crippen LogP contribution < -0.4 is 0 Å². The summed E-state index contributed by atoms with van der Waals surface area (Å²) >= 11 is 0. The van der Waals surface area contributed by atoms with Gasteiger partial charge in [0.1, 0.15) is 6.61 Å². The maximum Gasteiger partial charge on any atom is 0.329 e. The number of nitrogens with zero attached hydrogens (tertiary/aromatic N) is 1. The molecular weight excluding hydrogens is 230 g/mol. The molecule has 0 aliphatic carbocycles. The molecule has 106 valence electrons. The molecule has 0 saturated carbocycles. The number of hydrogen-bond acceptors (Lipinski definition) is 3. The molecule has 1 atom stereocenters. The number of hydrogen-bond donors (Lipinski definition) is 1. The Balaban J connectivity index is 2.19. The Morgan fingerprint density at radius 1 is 1.28 bits per heavy atom. The molecule has 0 spiro atoms. The highest BCUT2D eigenvalue weighted by Gasteiger charge is 2.23. The van der Waals surface area contributed by atoms with Crippen molar-refractivity contribution in [3.8, 4) is 0 Å². The predicted octanol–water partition coefficient (Wildman–Crippen LogP) is 2.38. The van der Waals surface area contributed by atoms with Crippen molar-refractivity contribution in [1.82, 2.24) is 4.90 Å². The van der Waals surface area contributed by atoms with Gasteiger partial charge in [-0.25, -0.2) is 4.79 Å². The van der Waals surface area contributed by atoms with Gasteiger partial charge in [0.05, 0.1) is 6.10 Å². The first-order chi connectivity index (χ1) is 8.49. The minimum atomic E-state index is -0.872. The van der Waals surface area contributed by atoms with E-state index < -0.39 is 5.97 Å². The third kappa shape index (κ3) is 5.83. The van der Waals surface area contributed by atoms with Crippen LogP contribution in [0.4, 0.5) is 0 Å². The van der Waals surface area contributed by atoms with E-state index in [9.17, 15) is 4.79 Å². The fourth-order valence-corrected chi connectivity index (χ4v) is 2.43. The van der Waals surface area contributed by atoms with E-state index >= 15 is 0 Å². The fraction of sp³-hybridized carbons (Fsp3) is 0.929. The lowest BCUT2D eigenvalue weighted by atomic mass is 10.0. The van der Waals surface area contributed by atoms with Crippen molar-refractivity contribution in [2.75, 3.05) is 19.7 Å². The van der Waals surface area contributed by atoms with Crippen molar-refractivity contribution < 1.29 is 14.6 Å². The summed E-state index contributed by atoms with van der Waals surface area (Å²) in [4.78, 5) is 12.9. The molecule has 0 bridgehead atoms. The van der Waals surface area contributed by atoms with Crippen LogP contribution in [0.1, 0.15) is 46.5 Å². The molecule has 1 fully saturated rings. The number of carboxylic acid groups (broad SMARTS) is 1. The molecular formula is C14H27NO3. The Kier molecular flexibility index (Phi) is 6.65. The van der Waals surface area contributed by atoms with Crippen LogP contribution in [-0.4, -0.2) is 47.8 Å². The van der Waals surface area contributed by atoms with Crippen molar-refractivity contribution in [3.05, 3.63) is 0 Å². The van der Waals surface area contributed by atoms with Crippen LogP contribution in [0.15, 0.2) is 0 Å². The largest absolute Gasteiger partial charge is 0.480 e. The third-order valence-corrected chi connectivity index (χ3v) is 3.70. The molecule has 4 heteroatoms. The summed E-state index contributed by atoms with van der Waals surface area (Å²) in [5.74, 6) is -0.105. The maximum atomic E-state index is 10.4. The van der Waals surface area contributed by atoms with E-state index in [-0.39, 0.29) is 12.7 Å². The van der Waals surface area contributed by atoms with Gasteiger partial charge in [0.2, 0.25) is 0 Å². The molecule has 1 heterocycles. The molecule has 0 aromatic heterocycles. The van der Waals surface area contributed by atoms with Gasteiger partial charge < -0.3 is 14.7 Å². The first-order valence-electron chi connectivity index (χ1n) is 7.06. The van der Waals surface area contributed by atoms with Crippen LogP contribution >= 0.6 is 0 Å². The summed E-state index contributed by atoms with van der Waals surface area (Å²) in [5.41, 5.74) is 0. The van der Waals surface area contributed by atoms with Gasteiger partial charge in [0.15, 0.2) is 0 Å². The fourth-order valence-electron chi connectivity index (χ4n) is 2.43. The predicted molar refractivity (Wildman–Crippen MR) is 71.7 cm³/mol. The summed E-state index contributed by atoms with van der Waals surface area (Å²) in [6.07, 6.45) is 4.57. The van der Waals surface area contributed by atoms with E-state index in [1.807, 2.05) is 0 Å². The van der Waals surface area contributed by atoms with Gasteiger partial charge in [-0.3, -0.25) is 0 Å². The smallest absolute Gasteiger partial charge is 0.329 e. The van der Waals surface area contributed by atoms with E-state index in [0.29, 0.717) is 6.04 Å². The Morgan fingerprint density at radius 2 is 1.89 bits per heavy atom. The Hall–Kier alpha value is -0.610. The Bertz CT molecular complexity index is 247. The highest BCUT2D eigenvalue weighted by atomic mass is 16.5. The summed E-state index contributed by atoms with van der Waals surface area (Å²) in [6, 6.07) is 0.632. The zero-order chi connectivity index (χ0) is 13.5. The van der Waals surface area contributed by atoms with Gasteiger partial charge in [-0.1, -0.05) is 13.8 Å². The summed E-state index contributed by atoms with van der Waals surface area (Å²) in [7, 11) is 0. The number of rotatable bonds is 7. The van der Waals surface area contributed by atoms with E-state index in [1.54, 1.807) is 0 Å². The molecule has 1 aliphatic heterocycles. The van der Waals surface area contributed by atoms with Crippen LogP contribution in [0.2, 0.25) is 0 Å². The first-order valence-corrected chi connectivity index (χ1v) is 7.06. The molecule has 0 radical (unpaired) electrons. The monoisotopic (exact) mass is 257 g/mol. The van der Waals surface area contributed by atoms with Gasteiger partial charge in [0.25, 0.3) is 0 Å². The highest BCUT2D eigenvalue weighted by molar-refractivity contribution is 5.68. The zero-order valence-corrected chi connectivity index (χ0v) is 11.9. The second-order valence-corrected chi connectivity index (χ2v) is 5.76. The van der Waals surface area contributed by atoms with Gasteiger partial charge in [-0.2, -0.15) is 0 Å². The zero-order valence-electron chi connectivity index (χ0n) is 11.9. The number of aliphatic carboxylic acids is 1. The third-order valence-electron chi connectivity index (χ3n) is 3.70. The summed E-state index contributed by atoms with van der Waals surface area (Å²) in [5, 5.41) is 8.57. The standard InChI is InChI=1S/C14H27NO3/c1-11(2)4-5-12(3)15-8-6-13(7-9-15)18-10-14(16)17/h11-13H,4-10H2,1-3H3,(H,16,17). The van der Waals surface area contributed by atoms with Crippen LogP contribution in [0.3, 0.4) is 0 Å². The topological polar surface area (TPSA) is 49.8 Å². The molecule has 1 saturated heterocycles. The number of piperidine rings is 1. The van der Waals surface area contributed by atoms with Gasteiger partial charge in [0, 0.05) is 19.1 Å². The summed E-state index contributed by atoms with van der Waals surface area (Å²) in [6.45, 7) is 8.72. The molecule has 1 rings (SSSR count). The lowest BCUT2D eigenvalue weighted by Gasteiger charge is -2.36. The van der Waals surface area contributed by atoms with Crippen molar-refractivity contribution in [2.24, 2.45) is 5.92 Å². The molecule has 18 heavy (non-hydrogen) atoms. The van der Waals surface area contributed by atoms with E-state index in [2.05, 4.69) is 25.7 Å². The van der Waals surface area contributed by atoms with Crippen LogP contribution in [0.25, 0.3) is 0 Å². The molecule has 1 N–H and O–H groups in total. The molecule has 0 amide bonds. The number of likely N-dealkylation sites (tertiary alicyclic amines) is 1. The van der Waals surface area contributed by atoms with Crippen molar-refractivity contribution in [2.45, 2.75) is 58.6 Å². The molecule has 0 aromatic rings. The maximum absolute atomic E-state index is 10.4. The molecule has 0 aromatic carbocycles. The van der Waals surface area contributed by atoms with Crippen LogP contribution in [-0.2, 0) is 9.53 Å². The Morgan fingerprint density at radius 3 is 2.39 bits per heavy atom. The van der Waals surface area contributed by atoms with Gasteiger partial charge in [-0.15, -0.1) is 0 Å². The van der Waals surface area contributed by atoms with Crippen LogP contribution in [0, 0.1) is 5.92 Å².